The zero-order chi connectivity index (χ0) is 21.0. The van der Waals surface area contributed by atoms with Crippen molar-refractivity contribution in [1.82, 2.24) is 15.8 Å². The van der Waals surface area contributed by atoms with E-state index in [-0.39, 0.29) is 23.8 Å². The number of amides is 2. The number of hydroxylamine groups is 1. The van der Waals surface area contributed by atoms with Crippen LogP contribution in [0, 0.1) is 0 Å². The second kappa shape index (κ2) is 8.58. The second-order valence-electron chi connectivity index (χ2n) is 6.67. The van der Waals surface area contributed by atoms with Crippen LogP contribution in [0.3, 0.4) is 0 Å². The SMILES string of the molecule is CCN1CC(CC(=O)NO)S(=O)(=O)c2ccc(C(=O)NCc3ccncc3)cc21. The first-order valence-electron chi connectivity index (χ1n) is 9.09. The average molecular weight is 418 g/mol. The van der Waals surface area contributed by atoms with Gasteiger partial charge in [-0.1, -0.05) is 0 Å². The first-order chi connectivity index (χ1) is 13.9. The first kappa shape index (κ1) is 20.7. The normalized spacial score (nSPS) is 17.3. The van der Waals surface area contributed by atoms with E-state index in [2.05, 4.69) is 10.3 Å². The van der Waals surface area contributed by atoms with Crippen LogP contribution in [0.2, 0.25) is 0 Å². The first-order valence-corrected chi connectivity index (χ1v) is 10.6. The summed E-state index contributed by atoms with van der Waals surface area (Å²) in [6.45, 7) is 2.79. The van der Waals surface area contributed by atoms with Crippen molar-refractivity contribution in [2.45, 2.75) is 30.0 Å². The molecule has 1 aliphatic rings. The quantitative estimate of drug-likeness (QED) is 0.469. The molecule has 10 heteroatoms. The summed E-state index contributed by atoms with van der Waals surface area (Å²) in [5.74, 6) is -1.08. The lowest BCUT2D eigenvalue weighted by atomic mass is 10.1. The van der Waals surface area contributed by atoms with Gasteiger partial charge >= 0.3 is 0 Å². The fraction of sp³-hybridized carbons (Fsp3) is 0.316. The lowest BCUT2D eigenvalue weighted by molar-refractivity contribution is -0.129. The van der Waals surface area contributed by atoms with Gasteiger partial charge in [-0.05, 0) is 42.8 Å². The number of hydrogen-bond donors (Lipinski definition) is 3. The summed E-state index contributed by atoms with van der Waals surface area (Å²) < 4.78 is 25.8. The minimum absolute atomic E-state index is 0.0759. The van der Waals surface area contributed by atoms with Gasteiger partial charge in [0.2, 0.25) is 5.91 Å². The number of hydrogen-bond acceptors (Lipinski definition) is 7. The van der Waals surface area contributed by atoms with E-state index in [1.807, 2.05) is 11.8 Å². The van der Waals surface area contributed by atoms with E-state index in [0.717, 1.165) is 5.56 Å². The van der Waals surface area contributed by atoms with Crippen molar-refractivity contribution in [2.24, 2.45) is 0 Å². The van der Waals surface area contributed by atoms with Crippen LogP contribution in [-0.4, -0.2) is 48.8 Å². The van der Waals surface area contributed by atoms with E-state index in [1.165, 1.54) is 17.6 Å². The molecule has 0 spiro atoms. The van der Waals surface area contributed by atoms with E-state index >= 15 is 0 Å². The minimum atomic E-state index is -3.78. The molecule has 1 aromatic heterocycles. The molecule has 0 fully saturated rings. The molecule has 9 nitrogen and oxygen atoms in total. The van der Waals surface area contributed by atoms with Gasteiger partial charge in [-0.2, -0.15) is 0 Å². The Balaban J connectivity index is 1.85. The number of carbonyl (C=O) groups is 2. The predicted octanol–water partition coefficient (Wildman–Crippen LogP) is 0.889. The van der Waals surface area contributed by atoms with Crippen molar-refractivity contribution in [3.63, 3.8) is 0 Å². The van der Waals surface area contributed by atoms with Crippen LogP contribution in [-0.2, 0) is 21.2 Å². The maximum atomic E-state index is 12.9. The van der Waals surface area contributed by atoms with Crippen LogP contribution in [0.5, 0.6) is 0 Å². The fourth-order valence-electron chi connectivity index (χ4n) is 3.28. The van der Waals surface area contributed by atoms with Crippen molar-refractivity contribution in [3.05, 3.63) is 53.9 Å². The fourth-order valence-corrected chi connectivity index (χ4v) is 5.12. The molecule has 1 aromatic carbocycles. The highest BCUT2D eigenvalue weighted by Gasteiger charge is 2.38. The maximum absolute atomic E-state index is 12.9. The van der Waals surface area contributed by atoms with Gasteiger partial charge in [0.05, 0.1) is 15.8 Å². The zero-order valence-electron chi connectivity index (χ0n) is 15.8. The highest BCUT2D eigenvalue weighted by atomic mass is 32.2. The maximum Gasteiger partial charge on any atom is 0.251 e. The Morgan fingerprint density at radius 1 is 1.24 bits per heavy atom. The minimum Gasteiger partial charge on any atom is -0.369 e. The molecule has 29 heavy (non-hydrogen) atoms. The molecule has 2 amide bonds. The Kier molecular flexibility index (Phi) is 6.14. The lowest BCUT2D eigenvalue weighted by Crippen LogP contribution is -2.44. The average Bonchev–Trinajstić information content (AvgIpc) is 2.74. The number of sulfone groups is 1. The van der Waals surface area contributed by atoms with Gasteiger partial charge in [0.25, 0.3) is 5.91 Å². The number of carbonyl (C=O) groups excluding carboxylic acids is 2. The van der Waals surface area contributed by atoms with Crippen LogP contribution in [0.4, 0.5) is 5.69 Å². The number of benzene rings is 1. The second-order valence-corrected chi connectivity index (χ2v) is 8.86. The molecule has 0 radical (unpaired) electrons. The smallest absolute Gasteiger partial charge is 0.251 e. The van der Waals surface area contributed by atoms with Gasteiger partial charge in [0.15, 0.2) is 9.84 Å². The molecule has 1 aliphatic heterocycles. The van der Waals surface area contributed by atoms with Crippen LogP contribution < -0.4 is 15.7 Å². The topological polar surface area (TPSA) is 129 Å². The zero-order valence-corrected chi connectivity index (χ0v) is 16.6. The standard InChI is InChI=1S/C19H22N4O5S/c1-2-23-12-15(10-18(24)22-26)29(27,28)17-4-3-14(9-16(17)23)19(25)21-11-13-5-7-20-8-6-13/h3-9,15,26H,2,10-12H2,1H3,(H,21,25)(H,22,24). The van der Waals surface area contributed by atoms with Crippen molar-refractivity contribution < 1.29 is 23.2 Å². The molecule has 0 saturated carbocycles. The van der Waals surface area contributed by atoms with E-state index in [9.17, 15) is 18.0 Å². The van der Waals surface area contributed by atoms with Gasteiger partial charge in [0.1, 0.15) is 0 Å². The Labute approximate surface area is 168 Å². The summed E-state index contributed by atoms with van der Waals surface area (Å²) >= 11 is 0. The largest absolute Gasteiger partial charge is 0.369 e. The molecular weight excluding hydrogens is 396 g/mol. The van der Waals surface area contributed by atoms with Crippen molar-refractivity contribution in [1.29, 1.82) is 0 Å². The van der Waals surface area contributed by atoms with Gasteiger partial charge in [-0.3, -0.25) is 19.8 Å². The molecular formula is C19H22N4O5S. The lowest BCUT2D eigenvalue weighted by Gasteiger charge is -2.35. The third-order valence-corrected chi connectivity index (χ3v) is 7.00. The number of rotatable bonds is 6. The Morgan fingerprint density at radius 3 is 2.62 bits per heavy atom. The molecule has 0 aliphatic carbocycles. The van der Waals surface area contributed by atoms with Crippen molar-refractivity contribution in [2.75, 3.05) is 18.0 Å². The van der Waals surface area contributed by atoms with Crippen LogP contribution in [0.15, 0.2) is 47.6 Å². The number of aromatic nitrogens is 1. The van der Waals surface area contributed by atoms with Crippen LogP contribution in [0.1, 0.15) is 29.3 Å². The van der Waals surface area contributed by atoms with Crippen molar-refractivity contribution in [3.8, 4) is 0 Å². The number of nitrogens with zero attached hydrogens (tertiary/aromatic N) is 2. The summed E-state index contributed by atoms with van der Waals surface area (Å²) in [6, 6.07) is 8.00. The van der Waals surface area contributed by atoms with E-state index in [1.54, 1.807) is 30.6 Å². The van der Waals surface area contributed by atoms with E-state index in [4.69, 9.17) is 5.21 Å². The molecule has 2 aromatic rings. The summed E-state index contributed by atoms with van der Waals surface area (Å²) in [7, 11) is -3.78. The van der Waals surface area contributed by atoms with Crippen LogP contribution >= 0.6 is 0 Å². The van der Waals surface area contributed by atoms with Gasteiger partial charge in [-0.25, -0.2) is 13.9 Å². The number of pyridine rings is 1. The highest BCUT2D eigenvalue weighted by molar-refractivity contribution is 7.92. The molecule has 0 saturated heterocycles. The Morgan fingerprint density at radius 2 is 1.97 bits per heavy atom. The van der Waals surface area contributed by atoms with Gasteiger partial charge < -0.3 is 10.2 Å². The highest BCUT2D eigenvalue weighted by Crippen LogP contribution is 2.35. The third-order valence-electron chi connectivity index (χ3n) is 4.85. The number of fused-ring (bicyclic) bond motifs is 1. The molecule has 1 atom stereocenters. The molecule has 0 bridgehead atoms. The molecule has 1 unspecified atom stereocenters. The molecule has 3 rings (SSSR count). The molecule has 154 valence electrons. The van der Waals surface area contributed by atoms with Crippen LogP contribution in [0.25, 0.3) is 0 Å². The predicted molar refractivity (Wildman–Crippen MR) is 105 cm³/mol. The number of nitrogens with one attached hydrogen (secondary N) is 2. The third kappa shape index (κ3) is 4.38. The summed E-state index contributed by atoms with van der Waals surface area (Å²) in [4.78, 5) is 29.9. The van der Waals surface area contributed by atoms with E-state index < -0.39 is 21.0 Å². The summed E-state index contributed by atoms with van der Waals surface area (Å²) in [6.07, 6.45) is 2.93. The van der Waals surface area contributed by atoms with Gasteiger partial charge in [-0.15, -0.1) is 0 Å². The summed E-state index contributed by atoms with van der Waals surface area (Å²) in [5.41, 5.74) is 3.16. The Bertz CT molecular complexity index is 1010. The van der Waals surface area contributed by atoms with E-state index in [0.29, 0.717) is 24.3 Å². The van der Waals surface area contributed by atoms with Gasteiger partial charge in [0, 0.05) is 44.0 Å². The number of anilines is 1. The monoisotopic (exact) mass is 418 g/mol. The molecule has 2 heterocycles. The Hall–Kier alpha value is -2.98. The summed E-state index contributed by atoms with van der Waals surface area (Å²) in [5, 5.41) is 10.6. The molecule has 3 N–H and O–H groups in total. The van der Waals surface area contributed by atoms with Crippen molar-refractivity contribution >= 4 is 27.3 Å².